The summed E-state index contributed by atoms with van der Waals surface area (Å²) < 4.78 is 5.37. The van der Waals surface area contributed by atoms with Gasteiger partial charge in [-0.3, -0.25) is 4.99 Å². The molecule has 0 radical (unpaired) electrons. The van der Waals surface area contributed by atoms with E-state index in [-0.39, 0.29) is 0 Å². The SMILES string of the molecule is C=N/C=C(\N=C(/C)N1CCOCC1)c1cnc2[nH]cc(Cl)c2c1. The number of fused-ring (bicyclic) bond motifs is 1. The maximum atomic E-state index is 6.17. The van der Waals surface area contributed by atoms with Crippen LogP contribution in [0.4, 0.5) is 0 Å². The molecule has 6 nitrogen and oxygen atoms in total. The predicted molar refractivity (Wildman–Crippen MR) is 94.1 cm³/mol. The number of halogens is 1. The smallest absolute Gasteiger partial charge is 0.138 e. The van der Waals surface area contributed by atoms with Crippen LogP contribution in [0.25, 0.3) is 16.7 Å². The summed E-state index contributed by atoms with van der Waals surface area (Å²) in [4.78, 5) is 18.2. The van der Waals surface area contributed by atoms with Gasteiger partial charge in [0.2, 0.25) is 0 Å². The minimum absolute atomic E-state index is 0.633. The van der Waals surface area contributed by atoms with Crippen LogP contribution in [0.15, 0.2) is 34.6 Å². The van der Waals surface area contributed by atoms with Gasteiger partial charge in [0.25, 0.3) is 0 Å². The van der Waals surface area contributed by atoms with Gasteiger partial charge in [-0.25, -0.2) is 9.98 Å². The lowest BCUT2D eigenvalue weighted by molar-refractivity contribution is 0.0678. The summed E-state index contributed by atoms with van der Waals surface area (Å²) in [6.07, 6.45) is 5.11. The fourth-order valence-corrected chi connectivity index (χ4v) is 2.70. The maximum Gasteiger partial charge on any atom is 0.138 e. The van der Waals surface area contributed by atoms with Crippen LogP contribution in [0.2, 0.25) is 5.02 Å². The van der Waals surface area contributed by atoms with Gasteiger partial charge in [-0.05, 0) is 19.7 Å². The number of hydrogen-bond donors (Lipinski definition) is 1. The third-order valence-corrected chi connectivity index (χ3v) is 4.05. The van der Waals surface area contributed by atoms with E-state index in [9.17, 15) is 0 Å². The van der Waals surface area contributed by atoms with Crippen molar-refractivity contribution in [1.82, 2.24) is 14.9 Å². The summed E-state index contributed by atoms with van der Waals surface area (Å²) >= 11 is 6.17. The highest BCUT2D eigenvalue weighted by atomic mass is 35.5. The molecule has 3 heterocycles. The van der Waals surface area contributed by atoms with Crippen molar-refractivity contribution in [3.05, 3.63) is 35.2 Å². The molecule has 120 valence electrons. The molecule has 0 aliphatic carbocycles. The molecule has 3 rings (SSSR count). The zero-order valence-corrected chi connectivity index (χ0v) is 13.7. The van der Waals surface area contributed by atoms with Gasteiger partial charge in [0.15, 0.2) is 0 Å². The fourth-order valence-electron chi connectivity index (χ4n) is 2.50. The van der Waals surface area contributed by atoms with E-state index < -0.39 is 0 Å². The Labute approximate surface area is 139 Å². The molecule has 2 aromatic rings. The first-order valence-corrected chi connectivity index (χ1v) is 7.74. The Morgan fingerprint density at radius 1 is 1.48 bits per heavy atom. The number of aliphatic imine (C=N–C) groups is 2. The average Bonchev–Trinajstić information content (AvgIpc) is 2.96. The summed E-state index contributed by atoms with van der Waals surface area (Å²) in [5.74, 6) is 0.920. The molecule has 0 atom stereocenters. The molecule has 0 bridgehead atoms. The van der Waals surface area contributed by atoms with Crippen LogP contribution in [0.1, 0.15) is 12.5 Å². The van der Waals surface area contributed by atoms with Crippen LogP contribution in [0, 0.1) is 0 Å². The molecular formula is C16H18ClN5O. The van der Waals surface area contributed by atoms with Gasteiger partial charge in [0.1, 0.15) is 11.5 Å². The number of rotatable bonds is 3. The zero-order valence-electron chi connectivity index (χ0n) is 12.9. The number of H-pyrrole nitrogens is 1. The van der Waals surface area contributed by atoms with E-state index in [1.807, 2.05) is 13.0 Å². The molecule has 0 unspecified atom stereocenters. The van der Waals surface area contributed by atoms with Crippen molar-refractivity contribution in [2.75, 3.05) is 26.3 Å². The van der Waals surface area contributed by atoms with Gasteiger partial charge in [-0.1, -0.05) is 11.6 Å². The van der Waals surface area contributed by atoms with E-state index in [0.29, 0.717) is 10.7 Å². The van der Waals surface area contributed by atoms with Gasteiger partial charge in [-0.15, -0.1) is 0 Å². The molecule has 7 heteroatoms. The number of hydrogen-bond acceptors (Lipinski definition) is 4. The second-order valence-electron chi connectivity index (χ2n) is 5.21. The van der Waals surface area contributed by atoms with Crippen LogP contribution in [0.5, 0.6) is 0 Å². The Balaban J connectivity index is 1.95. The molecule has 2 aromatic heterocycles. The van der Waals surface area contributed by atoms with Crippen LogP contribution < -0.4 is 0 Å². The number of amidine groups is 1. The van der Waals surface area contributed by atoms with Crippen LogP contribution in [-0.2, 0) is 4.74 Å². The molecule has 1 aliphatic rings. The van der Waals surface area contributed by atoms with Crippen molar-refractivity contribution >= 4 is 40.9 Å². The molecule has 23 heavy (non-hydrogen) atoms. The topological polar surface area (TPSA) is 65.9 Å². The van der Waals surface area contributed by atoms with Crippen LogP contribution in [0.3, 0.4) is 0 Å². The molecule has 1 saturated heterocycles. The van der Waals surface area contributed by atoms with E-state index in [0.717, 1.165) is 48.7 Å². The molecule has 1 N–H and O–H groups in total. The highest BCUT2D eigenvalue weighted by molar-refractivity contribution is 6.35. The number of pyridine rings is 1. The normalized spacial score (nSPS) is 16.9. The van der Waals surface area contributed by atoms with Gasteiger partial charge in [0, 0.05) is 36.4 Å². The summed E-state index contributed by atoms with van der Waals surface area (Å²) in [7, 11) is 0. The lowest BCUT2D eigenvalue weighted by Gasteiger charge is -2.28. The summed E-state index contributed by atoms with van der Waals surface area (Å²) in [5.41, 5.74) is 2.30. The van der Waals surface area contributed by atoms with Crippen molar-refractivity contribution in [2.45, 2.75) is 6.92 Å². The lowest BCUT2D eigenvalue weighted by Crippen LogP contribution is -2.39. The molecule has 1 aliphatic heterocycles. The third-order valence-electron chi connectivity index (χ3n) is 3.74. The van der Waals surface area contributed by atoms with Crippen LogP contribution in [-0.4, -0.2) is 53.7 Å². The van der Waals surface area contributed by atoms with Crippen molar-refractivity contribution in [1.29, 1.82) is 0 Å². The Bertz CT molecular complexity index is 774. The van der Waals surface area contributed by atoms with E-state index in [1.165, 1.54) is 0 Å². The monoisotopic (exact) mass is 331 g/mol. The average molecular weight is 332 g/mol. The highest BCUT2D eigenvalue weighted by Crippen LogP contribution is 2.26. The number of ether oxygens (including phenoxy) is 1. The van der Waals surface area contributed by atoms with Crippen molar-refractivity contribution in [3.63, 3.8) is 0 Å². The van der Waals surface area contributed by atoms with E-state index in [2.05, 4.69) is 26.6 Å². The van der Waals surface area contributed by atoms with Crippen molar-refractivity contribution < 1.29 is 4.74 Å². The van der Waals surface area contributed by atoms with Crippen molar-refractivity contribution in [2.24, 2.45) is 9.98 Å². The first-order valence-electron chi connectivity index (χ1n) is 7.36. The summed E-state index contributed by atoms with van der Waals surface area (Å²) in [6.45, 7) is 8.63. The molecule has 0 amide bonds. The van der Waals surface area contributed by atoms with Crippen LogP contribution >= 0.6 is 11.6 Å². The van der Waals surface area contributed by atoms with E-state index in [4.69, 9.17) is 21.3 Å². The summed E-state index contributed by atoms with van der Waals surface area (Å²) in [5, 5.41) is 1.49. The van der Waals surface area contributed by atoms with Gasteiger partial charge in [0.05, 0.1) is 30.1 Å². The number of aromatic amines is 1. The molecule has 1 fully saturated rings. The van der Waals surface area contributed by atoms with Gasteiger partial charge < -0.3 is 14.6 Å². The Morgan fingerprint density at radius 3 is 3.00 bits per heavy atom. The third kappa shape index (κ3) is 3.43. The zero-order chi connectivity index (χ0) is 16.2. The second kappa shape index (κ2) is 6.93. The largest absolute Gasteiger partial charge is 0.378 e. The standard InChI is InChI=1S/C16H18ClN5O/c1-11(22-3-5-23-6-4-22)21-15(10-18-2)12-7-13-14(17)9-20-16(13)19-8-12/h7-10H,2-6H2,1H3,(H,19,20)/b15-10-,21-11+. The quantitative estimate of drug-likeness (QED) is 0.694. The Hall–Kier alpha value is -2.18. The Morgan fingerprint density at radius 2 is 2.26 bits per heavy atom. The van der Waals surface area contributed by atoms with E-state index in [1.54, 1.807) is 18.6 Å². The number of nitrogens with zero attached hydrogens (tertiary/aromatic N) is 4. The molecule has 0 saturated carbocycles. The van der Waals surface area contributed by atoms with Gasteiger partial charge >= 0.3 is 0 Å². The number of nitrogens with one attached hydrogen (secondary N) is 1. The summed E-state index contributed by atoms with van der Waals surface area (Å²) in [6, 6.07) is 1.95. The minimum Gasteiger partial charge on any atom is -0.378 e. The predicted octanol–water partition coefficient (Wildman–Crippen LogP) is 2.97. The lowest BCUT2D eigenvalue weighted by atomic mass is 10.2. The fraction of sp³-hybridized carbons (Fsp3) is 0.312. The number of morpholine rings is 1. The van der Waals surface area contributed by atoms with Gasteiger partial charge in [-0.2, -0.15) is 0 Å². The van der Waals surface area contributed by atoms with Crippen molar-refractivity contribution in [3.8, 4) is 0 Å². The number of aromatic nitrogens is 2. The Kier molecular flexibility index (Phi) is 4.73. The minimum atomic E-state index is 0.633. The highest BCUT2D eigenvalue weighted by Gasteiger charge is 2.13. The molecule has 0 spiro atoms. The molecule has 0 aromatic carbocycles. The second-order valence-corrected chi connectivity index (χ2v) is 5.62. The molecular weight excluding hydrogens is 314 g/mol. The first-order chi connectivity index (χ1) is 11.2. The maximum absolute atomic E-state index is 6.17. The van der Waals surface area contributed by atoms with E-state index >= 15 is 0 Å². The first kappa shape index (κ1) is 15.7.